The van der Waals surface area contributed by atoms with Crippen molar-refractivity contribution in [2.24, 2.45) is 0 Å². The van der Waals surface area contributed by atoms with Crippen LogP contribution >= 0.6 is 11.8 Å². The van der Waals surface area contributed by atoms with E-state index in [-0.39, 0.29) is 5.91 Å². The fourth-order valence-corrected chi connectivity index (χ4v) is 3.10. The molecule has 1 aliphatic rings. The minimum atomic E-state index is -0.0239. The summed E-state index contributed by atoms with van der Waals surface area (Å²) in [6, 6.07) is 5.45. The van der Waals surface area contributed by atoms with E-state index in [0.29, 0.717) is 16.5 Å². The molecular weight excluding hydrogens is 232 g/mol. The van der Waals surface area contributed by atoms with E-state index in [1.807, 2.05) is 30.8 Å². The lowest BCUT2D eigenvalue weighted by atomic mass is 10.1. The van der Waals surface area contributed by atoms with Gasteiger partial charge in [-0.15, -0.1) is 0 Å². The highest BCUT2D eigenvalue weighted by Gasteiger charge is 2.16. The van der Waals surface area contributed by atoms with Crippen LogP contribution in [0.3, 0.4) is 0 Å². The molecule has 1 fully saturated rings. The summed E-state index contributed by atoms with van der Waals surface area (Å²) in [4.78, 5) is 11.9. The van der Waals surface area contributed by atoms with Crippen LogP contribution in [0.25, 0.3) is 0 Å². The summed E-state index contributed by atoms with van der Waals surface area (Å²) in [6.07, 6.45) is 2.48. The Hall–Kier alpha value is -1.16. The highest BCUT2D eigenvalue weighted by atomic mass is 32.2. The number of carbonyl (C=O) groups is 1. The Kier molecular flexibility index (Phi) is 3.94. The normalized spacial score (nSPS) is 19.2. The van der Waals surface area contributed by atoms with Gasteiger partial charge in [0.15, 0.2) is 0 Å². The number of thioether (sulfide) groups is 1. The van der Waals surface area contributed by atoms with Gasteiger partial charge in [-0.3, -0.25) is 4.79 Å². The molecule has 3 N–H and O–H groups in total. The second-order valence-electron chi connectivity index (χ2n) is 4.42. The Balaban J connectivity index is 1.92. The molecule has 0 spiro atoms. The summed E-state index contributed by atoms with van der Waals surface area (Å²) in [5.74, 6) is 1.20. The van der Waals surface area contributed by atoms with Gasteiger partial charge in [0.1, 0.15) is 0 Å². The van der Waals surface area contributed by atoms with Gasteiger partial charge in [0, 0.05) is 23.0 Å². The number of aryl methyl sites for hydroxylation is 1. The molecule has 1 aromatic carbocycles. The molecule has 3 nitrogen and oxygen atoms in total. The molecule has 1 aliphatic heterocycles. The van der Waals surface area contributed by atoms with Crippen LogP contribution in [0, 0.1) is 6.92 Å². The molecule has 0 aliphatic carbocycles. The number of carbonyl (C=O) groups excluding carboxylic acids is 1. The van der Waals surface area contributed by atoms with Crippen molar-refractivity contribution in [3.8, 4) is 0 Å². The van der Waals surface area contributed by atoms with Crippen LogP contribution in [0.1, 0.15) is 28.8 Å². The zero-order valence-corrected chi connectivity index (χ0v) is 10.8. The minimum absolute atomic E-state index is 0.0239. The van der Waals surface area contributed by atoms with Crippen LogP contribution in [0.15, 0.2) is 18.2 Å². The van der Waals surface area contributed by atoms with Crippen LogP contribution in [-0.4, -0.2) is 23.5 Å². The molecular formula is C13H18N2OS. The maximum absolute atomic E-state index is 11.9. The molecule has 1 heterocycles. The smallest absolute Gasteiger partial charge is 0.251 e. The van der Waals surface area contributed by atoms with Gasteiger partial charge in [-0.2, -0.15) is 11.8 Å². The molecule has 0 aromatic heterocycles. The zero-order chi connectivity index (χ0) is 12.3. The van der Waals surface area contributed by atoms with Crippen molar-refractivity contribution in [3.63, 3.8) is 0 Å². The Morgan fingerprint density at radius 1 is 1.59 bits per heavy atom. The summed E-state index contributed by atoms with van der Waals surface area (Å²) >= 11 is 1.95. The molecule has 1 unspecified atom stereocenters. The lowest BCUT2D eigenvalue weighted by Gasteiger charge is -2.10. The van der Waals surface area contributed by atoms with E-state index in [1.54, 1.807) is 6.07 Å². The van der Waals surface area contributed by atoms with E-state index in [9.17, 15) is 4.79 Å². The summed E-state index contributed by atoms with van der Waals surface area (Å²) in [5.41, 5.74) is 8.12. The predicted octanol–water partition coefficient (Wildman–Crippen LogP) is 2.20. The van der Waals surface area contributed by atoms with Gasteiger partial charge in [-0.05, 0) is 43.2 Å². The second kappa shape index (κ2) is 5.45. The van der Waals surface area contributed by atoms with Gasteiger partial charge in [0.2, 0.25) is 0 Å². The van der Waals surface area contributed by atoms with Crippen molar-refractivity contribution in [1.29, 1.82) is 0 Å². The first kappa shape index (κ1) is 12.3. The summed E-state index contributed by atoms with van der Waals surface area (Å²) < 4.78 is 0. The molecule has 2 rings (SSSR count). The van der Waals surface area contributed by atoms with Crippen molar-refractivity contribution in [2.75, 3.05) is 18.0 Å². The topological polar surface area (TPSA) is 55.1 Å². The first-order chi connectivity index (χ1) is 8.16. The third kappa shape index (κ3) is 3.16. The van der Waals surface area contributed by atoms with Crippen LogP contribution in [0.4, 0.5) is 5.69 Å². The molecule has 1 saturated heterocycles. The van der Waals surface area contributed by atoms with Gasteiger partial charge in [0.05, 0.1) is 0 Å². The molecule has 1 aromatic rings. The Morgan fingerprint density at radius 3 is 3.06 bits per heavy atom. The number of nitrogens with two attached hydrogens (primary N) is 1. The number of hydrogen-bond donors (Lipinski definition) is 2. The second-order valence-corrected chi connectivity index (χ2v) is 5.82. The average molecular weight is 250 g/mol. The van der Waals surface area contributed by atoms with E-state index in [2.05, 4.69) is 5.32 Å². The Labute approximate surface area is 106 Å². The molecule has 0 saturated carbocycles. The molecule has 92 valence electrons. The number of rotatable bonds is 3. The van der Waals surface area contributed by atoms with Gasteiger partial charge in [-0.25, -0.2) is 0 Å². The standard InChI is InChI=1S/C13H18N2OS/c1-9-4-5-10(7-12(9)14)13(16)15-8-11-3-2-6-17-11/h4-5,7,11H,2-3,6,8,14H2,1H3,(H,15,16). The minimum Gasteiger partial charge on any atom is -0.398 e. The highest BCUT2D eigenvalue weighted by Crippen LogP contribution is 2.25. The van der Waals surface area contributed by atoms with Crippen LogP contribution in [0.2, 0.25) is 0 Å². The lowest BCUT2D eigenvalue weighted by molar-refractivity contribution is 0.0953. The maximum Gasteiger partial charge on any atom is 0.251 e. The van der Waals surface area contributed by atoms with E-state index < -0.39 is 0 Å². The fraction of sp³-hybridized carbons (Fsp3) is 0.462. The van der Waals surface area contributed by atoms with Crippen LogP contribution in [0.5, 0.6) is 0 Å². The molecule has 1 atom stereocenters. The third-order valence-corrected chi connectivity index (χ3v) is 4.45. The van der Waals surface area contributed by atoms with E-state index >= 15 is 0 Å². The van der Waals surface area contributed by atoms with Crippen molar-refractivity contribution in [2.45, 2.75) is 25.0 Å². The summed E-state index contributed by atoms with van der Waals surface area (Å²) in [5, 5.41) is 3.56. The first-order valence-electron chi connectivity index (χ1n) is 5.93. The lowest BCUT2D eigenvalue weighted by Crippen LogP contribution is -2.29. The monoisotopic (exact) mass is 250 g/mol. The molecule has 4 heteroatoms. The quantitative estimate of drug-likeness (QED) is 0.809. The Bertz CT molecular complexity index is 414. The number of nitrogens with one attached hydrogen (secondary N) is 1. The van der Waals surface area contributed by atoms with Gasteiger partial charge in [0.25, 0.3) is 5.91 Å². The van der Waals surface area contributed by atoms with Gasteiger partial charge < -0.3 is 11.1 Å². The van der Waals surface area contributed by atoms with Crippen LogP contribution in [-0.2, 0) is 0 Å². The molecule has 1 amide bonds. The molecule has 0 bridgehead atoms. The van der Waals surface area contributed by atoms with Gasteiger partial charge >= 0.3 is 0 Å². The highest BCUT2D eigenvalue weighted by molar-refractivity contribution is 8.00. The fourth-order valence-electron chi connectivity index (χ4n) is 1.90. The van der Waals surface area contributed by atoms with E-state index in [1.165, 1.54) is 18.6 Å². The summed E-state index contributed by atoms with van der Waals surface area (Å²) in [6.45, 7) is 2.70. The van der Waals surface area contributed by atoms with Crippen molar-refractivity contribution in [3.05, 3.63) is 29.3 Å². The van der Waals surface area contributed by atoms with Crippen molar-refractivity contribution in [1.82, 2.24) is 5.32 Å². The molecule has 17 heavy (non-hydrogen) atoms. The Morgan fingerprint density at radius 2 is 2.41 bits per heavy atom. The van der Waals surface area contributed by atoms with Crippen molar-refractivity contribution < 1.29 is 4.79 Å². The number of amides is 1. The number of anilines is 1. The predicted molar refractivity (Wildman–Crippen MR) is 73.4 cm³/mol. The van der Waals surface area contributed by atoms with E-state index in [4.69, 9.17) is 5.73 Å². The first-order valence-corrected chi connectivity index (χ1v) is 6.97. The maximum atomic E-state index is 11.9. The number of nitrogen functional groups attached to an aromatic ring is 1. The number of hydrogen-bond acceptors (Lipinski definition) is 3. The third-order valence-electron chi connectivity index (χ3n) is 3.06. The van der Waals surface area contributed by atoms with Gasteiger partial charge in [-0.1, -0.05) is 6.07 Å². The van der Waals surface area contributed by atoms with E-state index in [0.717, 1.165) is 12.1 Å². The number of benzene rings is 1. The SMILES string of the molecule is Cc1ccc(C(=O)NCC2CCCS2)cc1N. The zero-order valence-electron chi connectivity index (χ0n) is 10.0. The van der Waals surface area contributed by atoms with Crippen LogP contribution < -0.4 is 11.1 Å². The molecule has 0 radical (unpaired) electrons. The average Bonchev–Trinajstić information content (AvgIpc) is 2.82. The van der Waals surface area contributed by atoms with Crippen molar-refractivity contribution >= 4 is 23.4 Å². The largest absolute Gasteiger partial charge is 0.398 e. The summed E-state index contributed by atoms with van der Waals surface area (Å²) in [7, 11) is 0.